The van der Waals surface area contributed by atoms with Crippen LogP contribution in [-0.4, -0.2) is 45.5 Å². The molecule has 10 heteroatoms. The Kier molecular flexibility index (Phi) is 8.73. The number of aryl methyl sites for hydroxylation is 1. The number of nitro benzene ring substituents is 1. The van der Waals surface area contributed by atoms with Crippen LogP contribution in [0.25, 0.3) is 16.6 Å². The summed E-state index contributed by atoms with van der Waals surface area (Å²) in [4.78, 5) is 44.9. The summed E-state index contributed by atoms with van der Waals surface area (Å²) >= 11 is 6.35. The van der Waals surface area contributed by atoms with E-state index in [9.17, 15) is 19.7 Å². The van der Waals surface area contributed by atoms with Crippen LogP contribution in [0.2, 0.25) is 5.02 Å². The van der Waals surface area contributed by atoms with Gasteiger partial charge in [-0.05, 0) is 48.7 Å². The Hall–Kier alpha value is -4.08. The van der Waals surface area contributed by atoms with Gasteiger partial charge in [0.25, 0.3) is 17.2 Å². The molecular formula is C29H29ClN4O5. The van der Waals surface area contributed by atoms with Crippen molar-refractivity contribution in [2.75, 3.05) is 20.3 Å². The van der Waals surface area contributed by atoms with Crippen molar-refractivity contribution in [3.05, 3.63) is 109 Å². The maximum absolute atomic E-state index is 13.9. The third-order valence-corrected chi connectivity index (χ3v) is 6.97. The van der Waals surface area contributed by atoms with Crippen LogP contribution in [0, 0.1) is 10.1 Å². The average molecular weight is 549 g/mol. The highest BCUT2D eigenvalue weighted by Gasteiger charge is 2.31. The molecule has 0 N–H and O–H groups in total. The first-order chi connectivity index (χ1) is 18.8. The van der Waals surface area contributed by atoms with Gasteiger partial charge >= 0.3 is 0 Å². The highest BCUT2D eigenvalue weighted by Crippen LogP contribution is 2.30. The number of amides is 1. The molecule has 0 spiro atoms. The third kappa shape index (κ3) is 5.69. The van der Waals surface area contributed by atoms with Crippen LogP contribution < -0.4 is 5.56 Å². The summed E-state index contributed by atoms with van der Waals surface area (Å²) in [7, 11) is 1.53. The van der Waals surface area contributed by atoms with Crippen molar-refractivity contribution >= 4 is 34.1 Å². The first kappa shape index (κ1) is 27.9. The number of fused-ring (bicyclic) bond motifs is 1. The van der Waals surface area contributed by atoms with Crippen LogP contribution >= 0.6 is 11.6 Å². The lowest BCUT2D eigenvalue weighted by atomic mass is 10.1. The Labute approximate surface area is 230 Å². The summed E-state index contributed by atoms with van der Waals surface area (Å²) in [6, 6.07) is 17.9. The Morgan fingerprint density at radius 3 is 2.46 bits per heavy atom. The number of non-ortho nitro benzene ring substituents is 1. The minimum Gasteiger partial charge on any atom is -0.383 e. The number of rotatable bonds is 10. The monoisotopic (exact) mass is 548 g/mol. The molecule has 9 nitrogen and oxygen atoms in total. The smallest absolute Gasteiger partial charge is 0.270 e. The standard InChI is InChI=1S/C29H29ClN4O5/c1-4-19-10-12-20(13-11-19)33-27(31-25-9-7-6-8-23(25)29(33)36)26(5-2)32(16-17-39-3)28(35)22-15-14-21(34(37)38)18-24(22)30/h6-15,18,26H,4-5,16-17H2,1-3H3. The van der Waals surface area contributed by atoms with Gasteiger partial charge in [-0.25, -0.2) is 4.98 Å². The van der Waals surface area contributed by atoms with Crippen LogP contribution in [0.5, 0.6) is 0 Å². The third-order valence-electron chi connectivity index (χ3n) is 6.66. The molecule has 0 aliphatic carbocycles. The van der Waals surface area contributed by atoms with Crippen molar-refractivity contribution < 1.29 is 14.5 Å². The highest BCUT2D eigenvalue weighted by atomic mass is 35.5. The maximum atomic E-state index is 13.9. The molecule has 4 rings (SSSR count). The Morgan fingerprint density at radius 1 is 1.13 bits per heavy atom. The Bertz CT molecular complexity index is 1570. The fourth-order valence-electron chi connectivity index (χ4n) is 4.58. The summed E-state index contributed by atoms with van der Waals surface area (Å²) in [5.74, 6) is -0.0537. The number of hydrogen-bond acceptors (Lipinski definition) is 6. The molecule has 202 valence electrons. The minimum absolute atomic E-state index is 0.0366. The van der Waals surface area contributed by atoms with E-state index < -0.39 is 16.9 Å². The molecule has 1 amide bonds. The molecule has 1 atom stereocenters. The Morgan fingerprint density at radius 2 is 1.85 bits per heavy atom. The number of carbonyl (C=O) groups excluding carboxylic acids is 1. The van der Waals surface area contributed by atoms with E-state index >= 15 is 0 Å². The summed E-state index contributed by atoms with van der Waals surface area (Å²) < 4.78 is 6.85. The van der Waals surface area contributed by atoms with Gasteiger partial charge in [-0.15, -0.1) is 0 Å². The summed E-state index contributed by atoms with van der Waals surface area (Å²) in [5, 5.41) is 11.6. The molecule has 1 unspecified atom stereocenters. The predicted octanol–water partition coefficient (Wildman–Crippen LogP) is 5.75. The van der Waals surface area contributed by atoms with Crippen molar-refractivity contribution in [1.29, 1.82) is 0 Å². The number of carbonyl (C=O) groups is 1. The second-order valence-corrected chi connectivity index (χ2v) is 9.39. The molecular weight excluding hydrogens is 520 g/mol. The van der Waals surface area contributed by atoms with Crippen molar-refractivity contribution in [2.45, 2.75) is 32.7 Å². The van der Waals surface area contributed by atoms with E-state index in [1.165, 1.54) is 19.2 Å². The van der Waals surface area contributed by atoms with E-state index in [4.69, 9.17) is 21.3 Å². The number of nitro groups is 1. The van der Waals surface area contributed by atoms with Crippen LogP contribution in [0.4, 0.5) is 5.69 Å². The molecule has 0 aliphatic rings. The second kappa shape index (κ2) is 12.2. The number of benzene rings is 3. The first-order valence-electron chi connectivity index (χ1n) is 12.7. The number of halogens is 1. The number of aromatic nitrogens is 2. The van der Waals surface area contributed by atoms with Gasteiger partial charge in [0.15, 0.2) is 0 Å². The number of methoxy groups -OCH3 is 1. The summed E-state index contributed by atoms with van der Waals surface area (Å²) in [6.07, 6.45) is 1.28. The second-order valence-electron chi connectivity index (χ2n) is 8.98. The van der Waals surface area contributed by atoms with Crippen molar-refractivity contribution in [1.82, 2.24) is 14.5 Å². The van der Waals surface area contributed by atoms with Crippen LogP contribution in [0.1, 0.15) is 48.1 Å². The molecule has 0 saturated heterocycles. The SMILES string of the molecule is CCc1ccc(-n2c(C(CC)N(CCOC)C(=O)c3ccc([N+](=O)[O-])cc3Cl)nc3ccccc3c2=O)cc1. The zero-order valence-electron chi connectivity index (χ0n) is 22.0. The lowest BCUT2D eigenvalue weighted by molar-refractivity contribution is -0.384. The average Bonchev–Trinajstić information content (AvgIpc) is 2.95. The van der Waals surface area contributed by atoms with Crippen molar-refractivity contribution in [3.8, 4) is 5.69 Å². The predicted molar refractivity (Wildman–Crippen MR) is 151 cm³/mol. The highest BCUT2D eigenvalue weighted by molar-refractivity contribution is 6.34. The number of ether oxygens (including phenoxy) is 1. The van der Waals surface area contributed by atoms with Gasteiger partial charge < -0.3 is 9.64 Å². The van der Waals surface area contributed by atoms with E-state index in [0.29, 0.717) is 28.8 Å². The number of hydrogen-bond donors (Lipinski definition) is 0. The molecule has 4 aromatic rings. The molecule has 0 radical (unpaired) electrons. The fraction of sp³-hybridized carbons (Fsp3) is 0.276. The maximum Gasteiger partial charge on any atom is 0.270 e. The zero-order chi connectivity index (χ0) is 28.1. The molecule has 0 aliphatic heterocycles. The molecule has 0 saturated carbocycles. The van der Waals surface area contributed by atoms with Gasteiger partial charge in [-0.3, -0.25) is 24.3 Å². The summed E-state index contributed by atoms with van der Waals surface area (Å²) in [5.41, 5.74) is 1.93. The molecule has 3 aromatic carbocycles. The topological polar surface area (TPSA) is 108 Å². The van der Waals surface area contributed by atoms with Gasteiger partial charge in [0.1, 0.15) is 5.82 Å². The van der Waals surface area contributed by atoms with E-state index in [-0.39, 0.29) is 35.0 Å². The van der Waals surface area contributed by atoms with E-state index in [2.05, 4.69) is 6.92 Å². The zero-order valence-corrected chi connectivity index (χ0v) is 22.7. The largest absolute Gasteiger partial charge is 0.383 e. The number of nitrogens with zero attached hydrogens (tertiary/aromatic N) is 4. The molecule has 0 fully saturated rings. The van der Waals surface area contributed by atoms with Gasteiger partial charge in [0.2, 0.25) is 0 Å². The number of para-hydroxylation sites is 1. The lowest BCUT2D eigenvalue weighted by Crippen LogP contribution is -2.40. The van der Waals surface area contributed by atoms with Gasteiger partial charge in [-0.2, -0.15) is 0 Å². The van der Waals surface area contributed by atoms with Crippen molar-refractivity contribution in [2.24, 2.45) is 0 Å². The van der Waals surface area contributed by atoms with E-state index in [0.717, 1.165) is 18.1 Å². The lowest BCUT2D eigenvalue weighted by Gasteiger charge is -2.32. The van der Waals surface area contributed by atoms with Crippen molar-refractivity contribution in [3.63, 3.8) is 0 Å². The molecule has 1 aromatic heterocycles. The van der Waals surface area contributed by atoms with E-state index in [1.54, 1.807) is 27.7 Å². The minimum atomic E-state index is -0.637. The quantitative estimate of drug-likeness (QED) is 0.184. The Balaban J connectivity index is 1.92. The van der Waals surface area contributed by atoms with Gasteiger partial charge in [0, 0.05) is 25.8 Å². The van der Waals surface area contributed by atoms with Crippen LogP contribution in [-0.2, 0) is 11.2 Å². The van der Waals surface area contributed by atoms with E-state index in [1.807, 2.05) is 37.3 Å². The van der Waals surface area contributed by atoms with Gasteiger partial charge in [0.05, 0.1) is 44.7 Å². The normalized spacial score (nSPS) is 11.9. The summed E-state index contributed by atoms with van der Waals surface area (Å²) in [6.45, 7) is 4.36. The molecule has 39 heavy (non-hydrogen) atoms. The molecule has 1 heterocycles. The first-order valence-corrected chi connectivity index (χ1v) is 13.0. The van der Waals surface area contributed by atoms with Crippen LogP contribution in [0.3, 0.4) is 0 Å². The molecule has 0 bridgehead atoms. The van der Waals surface area contributed by atoms with Crippen LogP contribution in [0.15, 0.2) is 71.5 Å². The fourth-order valence-corrected chi connectivity index (χ4v) is 4.84. The van der Waals surface area contributed by atoms with Gasteiger partial charge in [-0.1, -0.05) is 49.7 Å².